The maximum absolute atomic E-state index is 13.1. The SMILES string of the molecule is CCCCCCCCCCCCCCCCCCCCCCCCC(=O)O[C@H](COC(=O)CCCCCCCCCCCCCCCCCC)COP(=O)(O)OC[C@@H](O)COP(=O)(O)OC[C@@H](COC(=O)CCCCCCCCCCC(C)C)OC(=O)CCCCCCCCCCC(C)C. The molecule has 0 bridgehead atoms. The van der Waals surface area contributed by atoms with Crippen molar-refractivity contribution in [3.63, 3.8) is 0 Å². The predicted molar refractivity (Wildman–Crippen MR) is 409 cm³/mol. The van der Waals surface area contributed by atoms with Crippen LogP contribution in [0.1, 0.15) is 427 Å². The van der Waals surface area contributed by atoms with Crippen LogP contribution >= 0.6 is 15.6 Å². The molecule has 100 heavy (non-hydrogen) atoms. The fraction of sp³-hybridized carbons (Fsp3) is 0.951. The molecule has 0 fully saturated rings. The molecule has 0 radical (unpaired) electrons. The van der Waals surface area contributed by atoms with Gasteiger partial charge in [-0.2, -0.15) is 0 Å². The van der Waals surface area contributed by atoms with E-state index in [4.69, 9.17) is 37.0 Å². The molecule has 0 rings (SSSR count). The van der Waals surface area contributed by atoms with Gasteiger partial charge in [0, 0.05) is 25.7 Å². The van der Waals surface area contributed by atoms with Crippen molar-refractivity contribution in [2.45, 2.75) is 445 Å². The standard InChI is InChI=1S/C81H158O17P2/c1-7-9-11-13-15-17-19-21-23-25-26-27-28-29-30-32-34-36-38-47-53-59-65-80(85)97-76(69-91-78(83)63-57-51-45-37-35-33-31-24-22-20-18-16-14-12-10-8-2)71-95-99(87,88)93-67-75(82)68-94-100(89,90)96-72-77(98-81(86)66-60-54-48-42-40-44-50-56-62-74(5)6)70-92-79(84)64-58-52-46-41-39-43-49-55-61-73(3)4/h73-77,82H,7-72H2,1-6H3,(H,87,88)(H,89,90)/t75-,76-,77-/m1/s1. The van der Waals surface area contributed by atoms with E-state index in [0.717, 1.165) is 102 Å². The van der Waals surface area contributed by atoms with Gasteiger partial charge in [0.2, 0.25) is 0 Å². The molecular formula is C81H158O17P2. The van der Waals surface area contributed by atoms with Crippen molar-refractivity contribution in [3.05, 3.63) is 0 Å². The van der Waals surface area contributed by atoms with E-state index in [-0.39, 0.29) is 25.7 Å². The zero-order valence-corrected chi connectivity index (χ0v) is 67.3. The van der Waals surface area contributed by atoms with Crippen molar-refractivity contribution >= 4 is 39.5 Å². The third-order valence-corrected chi connectivity index (χ3v) is 20.9. The Morgan fingerprint density at radius 1 is 0.270 bits per heavy atom. The first-order valence-corrected chi connectivity index (χ1v) is 45.0. The lowest BCUT2D eigenvalue weighted by Gasteiger charge is -2.21. The molecule has 0 saturated heterocycles. The summed E-state index contributed by atoms with van der Waals surface area (Å²) in [6.45, 7) is 9.55. The molecular weight excluding hydrogens is 1310 g/mol. The first-order chi connectivity index (χ1) is 48.4. The number of hydrogen-bond acceptors (Lipinski definition) is 15. The Kier molecular flexibility index (Phi) is 71.2. The number of esters is 4. The highest BCUT2D eigenvalue weighted by atomic mass is 31.2. The van der Waals surface area contributed by atoms with E-state index in [1.165, 1.54) is 244 Å². The fourth-order valence-corrected chi connectivity index (χ4v) is 14.1. The first kappa shape index (κ1) is 98.1. The van der Waals surface area contributed by atoms with E-state index in [1.807, 2.05) is 0 Å². The summed E-state index contributed by atoms with van der Waals surface area (Å²) in [5.74, 6) is -0.668. The van der Waals surface area contributed by atoms with E-state index < -0.39 is 97.5 Å². The summed E-state index contributed by atoms with van der Waals surface area (Å²) in [5, 5.41) is 10.6. The van der Waals surface area contributed by atoms with Crippen LogP contribution in [0.2, 0.25) is 0 Å². The van der Waals surface area contributed by atoms with Gasteiger partial charge < -0.3 is 33.8 Å². The van der Waals surface area contributed by atoms with Crippen molar-refractivity contribution in [2.24, 2.45) is 11.8 Å². The minimum Gasteiger partial charge on any atom is -0.462 e. The second-order valence-electron chi connectivity index (χ2n) is 30.1. The second kappa shape index (κ2) is 72.6. The van der Waals surface area contributed by atoms with Gasteiger partial charge in [-0.05, 0) is 37.5 Å². The summed E-state index contributed by atoms with van der Waals surface area (Å²) >= 11 is 0. The van der Waals surface area contributed by atoms with Crippen LogP contribution in [-0.4, -0.2) is 96.7 Å². The molecule has 17 nitrogen and oxygen atoms in total. The average molecular weight is 1470 g/mol. The number of phosphoric acid groups is 2. The van der Waals surface area contributed by atoms with Crippen LogP contribution in [0.15, 0.2) is 0 Å². The van der Waals surface area contributed by atoms with Crippen LogP contribution in [-0.2, 0) is 65.4 Å². The molecule has 0 aromatic carbocycles. The van der Waals surface area contributed by atoms with Crippen LogP contribution in [0.4, 0.5) is 0 Å². The monoisotopic (exact) mass is 1470 g/mol. The molecule has 19 heteroatoms. The summed E-state index contributed by atoms with van der Waals surface area (Å²) in [5.41, 5.74) is 0. The van der Waals surface area contributed by atoms with Crippen molar-refractivity contribution in [1.82, 2.24) is 0 Å². The summed E-state index contributed by atoms with van der Waals surface area (Å²) < 4.78 is 68.7. The minimum atomic E-state index is -4.96. The number of aliphatic hydroxyl groups is 1. The molecule has 0 heterocycles. The molecule has 2 unspecified atom stereocenters. The third-order valence-electron chi connectivity index (χ3n) is 19.0. The molecule has 0 aliphatic carbocycles. The molecule has 0 amide bonds. The Morgan fingerprint density at radius 2 is 0.460 bits per heavy atom. The number of hydrogen-bond donors (Lipinski definition) is 3. The van der Waals surface area contributed by atoms with E-state index in [1.54, 1.807) is 0 Å². The van der Waals surface area contributed by atoms with Gasteiger partial charge in [0.1, 0.15) is 19.3 Å². The molecule has 0 saturated carbocycles. The number of unbranched alkanes of at least 4 members (excludes halogenated alkanes) is 50. The van der Waals surface area contributed by atoms with Crippen LogP contribution in [0.25, 0.3) is 0 Å². The molecule has 594 valence electrons. The molecule has 5 atom stereocenters. The number of carbonyl (C=O) groups is 4. The summed E-state index contributed by atoms with van der Waals surface area (Å²) in [7, 11) is -9.92. The highest BCUT2D eigenvalue weighted by Crippen LogP contribution is 2.45. The van der Waals surface area contributed by atoms with Gasteiger partial charge in [-0.1, -0.05) is 375 Å². The normalized spacial score (nSPS) is 13.9. The van der Waals surface area contributed by atoms with E-state index >= 15 is 0 Å². The van der Waals surface area contributed by atoms with Crippen molar-refractivity contribution < 1.29 is 80.2 Å². The summed E-state index contributed by atoms with van der Waals surface area (Å²) in [4.78, 5) is 73.0. The Bertz CT molecular complexity index is 1920. The van der Waals surface area contributed by atoms with E-state index in [0.29, 0.717) is 25.7 Å². The van der Waals surface area contributed by atoms with Gasteiger partial charge >= 0.3 is 39.5 Å². The van der Waals surface area contributed by atoms with E-state index in [9.17, 15) is 43.2 Å². The molecule has 0 aliphatic heterocycles. The topological polar surface area (TPSA) is 237 Å². The Labute approximate surface area is 613 Å². The van der Waals surface area contributed by atoms with Gasteiger partial charge in [0.15, 0.2) is 12.2 Å². The summed E-state index contributed by atoms with van der Waals surface area (Å²) in [6.07, 6.45) is 62.7. The first-order valence-electron chi connectivity index (χ1n) is 42.0. The lowest BCUT2D eigenvalue weighted by Crippen LogP contribution is -2.30. The third kappa shape index (κ3) is 74.3. The maximum Gasteiger partial charge on any atom is 0.472 e. The molecule has 0 aromatic heterocycles. The highest BCUT2D eigenvalue weighted by Gasteiger charge is 2.30. The number of aliphatic hydroxyl groups excluding tert-OH is 1. The zero-order chi connectivity index (χ0) is 73.5. The highest BCUT2D eigenvalue weighted by molar-refractivity contribution is 7.47. The quantitative estimate of drug-likeness (QED) is 0.0222. The zero-order valence-electron chi connectivity index (χ0n) is 65.5. The minimum absolute atomic E-state index is 0.104. The fourth-order valence-electron chi connectivity index (χ4n) is 12.5. The van der Waals surface area contributed by atoms with Gasteiger partial charge in [-0.3, -0.25) is 37.3 Å². The number of rotatable bonds is 80. The second-order valence-corrected chi connectivity index (χ2v) is 33.0. The molecule has 3 N–H and O–H groups in total. The number of phosphoric ester groups is 2. The Balaban J connectivity index is 5.20. The molecule has 0 spiro atoms. The number of ether oxygens (including phenoxy) is 4. The maximum atomic E-state index is 13.1. The molecule has 0 aliphatic rings. The Morgan fingerprint density at radius 3 is 0.680 bits per heavy atom. The van der Waals surface area contributed by atoms with Crippen LogP contribution in [0.3, 0.4) is 0 Å². The number of carbonyl (C=O) groups excluding carboxylic acids is 4. The summed E-state index contributed by atoms with van der Waals surface area (Å²) in [6, 6.07) is 0. The lowest BCUT2D eigenvalue weighted by molar-refractivity contribution is -0.161. The van der Waals surface area contributed by atoms with Gasteiger partial charge in [-0.15, -0.1) is 0 Å². The van der Waals surface area contributed by atoms with E-state index in [2.05, 4.69) is 41.5 Å². The van der Waals surface area contributed by atoms with Crippen LogP contribution < -0.4 is 0 Å². The van der Waals surface area contributed by atoms with Gasteiger partial charge in [-0.25, -0.2) is 9.13 Å². The van der Waals surface area contributed by atoms with Crippen LogP contribution in [0.5, 0.6) is 0 Å². The van der Waals surface area contributed by atoms with Crippen molar-refractivity contribution in [1.29, 1.82) is 0 Å². The Hall–Kier alpha value is -1.94. The average Bonchev–Trinajstić information content (AvgIpc) is 0.914. The smallest absolute Gasteiger partial charge is 0.462 e. The van der Waals surface area contributed by atoms with Gasteiger partial charge in [0.25, 0.3) is 0 Å². The van der Waals surface area contributed by atoms with Crippen LogP contribution in [0, 0.1) is 11.8 Å². The molecule has 0 aromatic rings. The lowest BCUT2D eigenvalue weighted by atomic mass is 10.0. The van der Waals surface area contributed by atoms with Crippen molar-refractivity contribution in [2.75, 3.05) is 39.6 Å². The largest absolute Gasteiger partial charge is 0.472 e. The van der Waals surface area contributed by atoms with Gasteiger partial charge in [0.05, 0.1) is 26.4 Å². The predicted octanol–water partition coefficient (Wildman–Crippen LogP) is 24.3. The van der Waals surface area contributed by atoms with Crippen molar-refractivity contribution in [3.8, 4) is 0 Å².